The van der Waals surface area contributed by atoms with Crippen LogP contribution in [0.3, 0.4) is 0 Å². The Labute approximate surface area is 104 Å². The highest BCUT2D eigenvalue weighted by molar-refractivity contribution is 7.11. The molecule has 0 fully saturated rings. The van der Waals surface area contributed by atoms with Gasteiger partial charge in [0, 0.05) is 23.5 Å². The van der Waals surface area contributed by atoms with E-state index in [9.17, 15) is 4.79 Å². The van der Waals surface area contributed by atoms with E-state index in [1.165, 1.54) is 15.8 Å². The van der Waals surface area contributed by atoms with E-state index in [1.54, 1.807) is 23.7 Å². The molecule has 0 saturated carbocycles. The van der Waals surface area contributed by atoms with Crippen molar-refractivity contribution in [1.29, 1.82) is 0 Å². The van der Waals surface area contributed by atoms with Crippen LogP contribution in [0, 0.1) is 0 Å². The highest BCUT2D eigenvalue weighted by Crippen LogP contribution is 2.20. The number of nitrogens with one attached hydrogen (secondary N) is 1. The van der Waals surface area contributed by atoms with Gasteiger partial charge in [-0.1, -0.05) is 6.92 Å². The molecule has 2 aromatic heterocycles. The van der Waals surface area contributed by atoms with Crippen molar-refractivity contribution in [1.82, 2.24) is 19.9 Å². The standard InChI is InChI=1S/C11H14N4OS/c1-3-9-6-13-10(17-9)8(2)14-11(16)15-5-4-12-7-15/h4-8H,3H2,1-2H3,(H,14,16). The molecule has 2 aromatic rings. The minimum Gasteiger partial charge on any atom is -0.328 e. The molecule has 0 spiro atoms. The minimum absolute atomic E-state index is 0.0878. The van der Waals surface area contributed by atoms with Crippen LogP contribution in [0.2, 0.25) is 0 Å². The average Bonchev–Trinajstić information content (AvgIpc) is 3.00. The first-order valence-electron chi connectivity index (χ1n) is 5.44. The average molecular weight is 250 g/mol. The fourth-order valence-corrected chi connectivity index (χ4v) is 2.25. The second-order valence-corrected chi connectivity index (χ2v) is 4.81. The molecule has 0 bridgehead atoms. The fourth-order valence-electron chi connectivity index (χ4n) is 1.39. The minimum atomic E-state index is -0.191. The van der Waals surface area contributed by atoms with E-state index in [4.69, 9.17) is 0 Å². The molecule has 90 valence electrons. The number of amides is 1. The van der Waals surface area contributed by atoms with Crippen molar-refractivity contribution < 1.29 is 4.79 Å². The van der Waals surface area contributed by atoms with Crippen LogP contribution in [-0.4, -0.2) is 20.6 Å². The van der Waals surface area contributed by atoms with Crippen molar-refractivity contribution in [2.45, 2.75) is 26.3 Å². The molecule has 2 rings (SSSR count). The number of aryl methyl sites for hydroxylation is 1. The molecule has 0 aliphatic heterocycles. The molecule has 0 saturated heterocycles. The molecule has 2 heterocycles. The number of thiazole rings is 1. The van der Waals surface area contributed by atoms with E-state index < -0.39 is 0 Å². The molecule has 6 heteroatoms. The summed E-state index contributed by atoms with van der Waals surface area (Å²) in [6, 6.07) is -0.279. The van der Waals surface area contributed by atoms with Gasteiger partial charge in [-0.15, -0.1) is 11.3 Å². The zero-order valence-corrected chi connectivity index (χ0v) is 10.6. The summed E-state index contributed by atoms with van der Waals surface area (Å²) in [5, 5.41) is 3.79. The van der Waals surface area contributed by atoms with Crippen LogP contribution in [0.25, 0.3) is 0 Å². The van der Waals surface area contributed by atoms with Gasteiger partial charge in [-0.05, 0) is 13.3 Å². The summed E-state index contributed by atoms with van der Waals surface area (Å²) in [4.78, 5) is 21.1. The summed E-state index contributed by atoms with van der Waals surface area (Å²) in [6.45, 7) is 4.01. The molecule has 5 nitrogen and oxygen atoms in total. The molecule has 0 aliphatic carbocycles. The predicted molar refractivity (Wildman–Crippen MR) is 66.1 cm³/mol. The lowest BCUT2D eigenvalue weighted by atomic mass is 10.3. The lowest BCUT2D eigenvalue weighted by Gasteiger charge is -2.10. The van der Waals surface area contributed by atoms with E-state index in [0.717, 1.165) is 11.4 Å². The van der Waals surface area contributed by atoms with Crippen molar-refractivity contribution in [3.8, 4) is 0 Å². The predicted octanol–water partition coefficient (Wildman–Crippen LogP) is 2.22. The number of rotatable bonds is 3. The fraction of sp³-hybridized carbons (Fsp3) is 0.364. The van der Waals surface area contributed by atoms with Crippen LogP contribution < -0.4 is 5.32 Å². The summed E-state index contributed by atoms with van der Waals surface area (Å²) >= 11 is 1.63. The van der Waals surface area contributed by atoms with Gasteiger partial charge < -0.3 is 5.32 Å². The zero-order valence-electron chi connectivity index (χ0n) is 9.75. The van der Waals surface area contributed by atoms with Crippen molar-refractivity contribution in [3.05, 3.63) is 34.8 Å². The Morgan fingerprint density at radius 3 is 3.06 bits per heavy atom. The van der Waals surface area contributed by atoms with E-state index in [2.05, 4.69) is 22.2 Å². The monoisotopic (exact) mass is 250 g/mol. The van der Waals surface area contributed by atoms with Gasteiger partial charge in [0.25, 0.3) is 0 Å². The van der Waals surface area contributed by atoms with Crippen molar-refractivity contribution in [2.75, 3.05) is 0 Å². The Morgan fingerprint density at radius 2 is 2.47 bits per heavy atom. The Morgan fingerprint density at radius 1 is 1.65 bits per heavy atom. The quantitative estimate of drug-likeness (QED) is 0.908. The Bertz CT molecular complexity index is 491. The summed E-state index contributed by atoms with van der Waals surface area (Å²) in [7, 11) is 0. The molecule has 1 N–H and O–H groups in total. The first kappa shape index (κ1) is 11.8. The molecule has 0 aliphatic rings. The van der Waals surface area contributed by atoms with Crippen LogP contribution in [0.5, 0.6) is 0 Å². The Balaban J connectivity index is 2.01. The van der Waals surface area contributed by atoms with E-state index in [0.29, 0.717) is 0 Å². The third-order valence-electron chi connectivity index (χ3n) is 2.37. The van der Waals surface area contributed by atoms with Crippen molar-refractivity contribution in [2.24, 2.45) is 0 Å². The number of imidazole rings is 1. The number of hydrogen-bond donors (Lipinski definition) is 1. The summed E-state index contributed by atoms with van der Waals surface area (Å²) in [5.74, 6) is 0. The van der Waals surface area contributed by atoms with Gasteiger partial charge in [-0.3, -0.25) is 4.57 Å². The molecule has 0 radical (unpaired) electrons. The summed E-state index contributed by atoms with van der Waals surface area (Å²) in [5.41, 5.74) is 0. The second kappa shape index (κ2) is 5.09. The number of aromatic nitrogens is 3. The molecular weight excluding hydrogens is 236 g/mol. The first-order valence-corrected chi connectivity index (χ1v) is 6.25. The normalized spacial score (nSPS) is 12.4. The van der Waals surface area contributed by atoms with Crippen molar-refractivity contribution >= 4 is 17.4 Å². The highest BCUT2D eigenvalue weighted by atomic mass is 32.1. The maximum absolute atomic E-state index is 11.8. The lowest BCUT2D eigenvalue weighted by molar-refractivity contribution is 0.239. The van der Waals surface area contributed by atoms with Gasteiger partial charge in [0.15, 0.2) is 0 Å². The topological polar surface area (TPSA) is 59.8 Å². The molecule has 1 unspecified atom stereocenters. The Kier molecular flexibility index (Phi) is 3.53. The number of nitrogens with zero attached hydrogens (tertiary/aromatic N) is 3. The van der Waals surface area contributed by atoms with Crippen molar-refractivity contribution in [3.63, 3.8) is 0 Å². The van der Waals surface area contributed by atoms with Crippen LogP contribution in [0.15, 0.2) is 24.9 Å². The zero-order chi connectivity index (χ0) is 12.3. The van der Waals surface area contributed by atoms with Crippen LogP contribution in [0.1, 0.15) is 29.8 Å². The maximum atomic E-state index is 11.8. The summed E-state index contributed by atoms with van der Waals surface area (Å²) < 4.78 is 1.41. The molecule has 17 heavy (non-hydrogen) atoms. The maximum Gasteiger partial charge on any atom is 0.327 e. The number of carbonyl (C=O) groups is 1. The highest BCUT2D eigenvalue weighted by Gasteiger charge is 2.13. The van der Waals surface area contributed by atoms with Gasteiger partial charge in [0.2, 0.25) is 0 Å². The largest absolute Gasteiger partial charge is 0.328 e. The number of carbonyl (C=O) groups excluding carboxylic acids is 1. The van der Waals surface area contributed by atoms with Gasteiger partial charge >= 0.3 is 6.03 Å². The molecule has 1 amide bonds. The van der Waals surface area contributed by atoms with Crippen LogP contribution in [-0.2, 0) is 6.42 Å². The SMILES string of the molecule is CCc1cnc(C(C)NC(=O)n2ccnc2)s1. The molecule has 1 atom stereocenters. The molecular formula is C11H14N4OS. The number of hydrogen-bond acceptors (Lipinski definition) is 4. The van der Waals surface area contributed by atoms with Crippen LogP contribution in [0.4, 0.5) is 4.79 Å². The van der Waals surface area contributed by atoms with Crippen LogP contribution >= 0.6 is 11.3 Å². The van der Waals surface area contributed by atoms with E-state index in [1.807, 2.05) is 13.1 Å². The smallest absolute Gasteiger partial charge is 0.327 e. The Hall–Kier alpha value is -1.69. The lowest BCUT2D eigenvalue weighted by Crippen LogP contribution is -2.30. The van der Waals surface area contributed by atoms with Gasteiger partial charge in [-0.25, -0.2) is 14.8 Å². The van der Waals surface area contributed by atoms with E-state index in [-0.39, 0.29) is 12.1 Å². The van der Waals surface area contributed by atoms with Gasteiger partial charge in [0.1, 0.15) is 11.3 Å². The first-order chi connectivity index (χ1) is 8.20. The third kappa shape index (κ3) is 2.71. The molecule has 0 aromatic carbocycles. The third-order valence-corrected chi connectivity index (χ3v) is 3.69. The summed E-state index contributed by atoms with van der Waals surface area (Å²) in [6.07, 6.45) is 7.49. The second-order valence-electron chi connectivity index (χ2n) is 3.66. The van der Waals surface area contributed by atoms with E-state index >= 15 is 0 Å². The van der Waals surface area contributed by atoms with Gasteiger partial charge in [0.05, 0.1) is 6.04 Å². The van der Waals surface area contributed by atoms with Gasteiger partial charge in [-0.2, -0.15) is 0 Å².